The smallest absolute Gasteiger partial charge is 0.245 e. The Balaban J connectivity index is 0.000000170. The van der Waals surface area contributed by atoms with Crippen molar-refractivity contribution in [3.05, 3.63) is 42.9 Å². The van der Waals surface area contributed by atoms with Crippen LogP contribution in [-0.4, -0.2) is 47.8 Å². The van der Waals surface area contributed by atoms with Crippen LogP contribution in [0.4, 0.5) is 11.4 Å². The molecule has 7 N–H and O–H groups in total. The average Bonchev–Trinajstić information content (AvgIpc) is 3.87. The molecule has 7 rings (SSSR count). The van der Waals surface area contributed by atoms with Crippen molar-refractivity contribution in [1.82, 2.24) is 19.5 Å². The summed E-state index contributed by atoms with van der Waals surface area (Å²) >= 11 is 0. The highest BCUT2D eigenvalue weighted by atomic mass is 16.3. The number of hydrogen-bond acceptors (Lipinski definition) is 12. The number of furan rings is 2. The summed E-state index contributed by atoms with van der Waals surface area (Å²) in [6.45, 7) is 3.06. The number of aliphatic hydroxyl groups is 2. The second kappa shape index (κ2) is 16.5. The van der Waals surface area contributed by atoms with Gasteiger partial charge >= 0.3 is 0 Å². The first kappa shape index (κ1) is 36.1. The summed E-state index contributed by atoms with van der Waals surface area (Å²) in [5.41, 5.74) is 16.8. The Kier molecular flexibility index (Phi) is 11.9. The predicted molar refractivity (Wildman–Crippen MR) is 188 cm³/mol. The van der Waals surface area contributed by atoms with Crippen molar-refractivity contribution >= 4 is 50.5 Å². The fourth-order valence-electron chi connectivity index (χ4n) is 6.82. The van der Waals surface area contributed by atoms with Crippen molar-refractivity contribution in [2.75, 3.05) is 11.1 Å². The van der Waals surface area contributed by atoms with Crippen LogP contribution in [0.25, 0.3) is 33.2 Å². The van der Waals surface area contributed by atoms with Crippen LogP contribution in [0.15, 0.2) is 45.9 Å². The first-order chi connectivity index (χ1) is 24.1. The number of rotatable bonds is 7. The van der Waals surface area contributed by atoms with Crippen LogP contribution < -0.4 is 16.8 Å². The minimum Gasteiger partial charge on any atom is -0.460 e. The lowest BCUT2D eigenvalue weighted by molar-refractivity contribution is -0.125. The molecular formula is C36H45N9O5. The van der Waals surface area contributed by atoms with E-state index in [1.807, 2.05) is 12.1 Å². The number of aromatic nitrogens is 4. The van der Waals surface area contributed by atoms with E-state index < -0.39 is 18.1 Å². The van der Waals surface area contributed by atoms with Gasteiger partial charge in [0.15, 0.2) is 11.2 Å². The third-order valence-electron chi connectivity index (χ3n) is 9.58. The van der Waals surface area contributed by atoms with E-state index in [0.717, 1.165) is 90.3 Å². The molecule has 14 nitrogen and oxygen atoms in total. The molecule has 14 heteroatoms. The summed E-state index contributed by atoms with van der Waals surface area (Å²) in [5, 5.41) is 39.5. The van der Waals surface area contributed by atoms with Gasteiger partial charge in [-0.2, -0.15) is 10.5 Å². The van der Waals surface area contributed by atoms with Crippen LogP contribution in [0, 0.1) is 34.5 Å². The van der Waals surface area contributed by atoms with Gasteiger partial charge in [0.05, 0.1) is 42.7 Å². The minimum absolute atomic E-state index is 0.269. The summed E-state index contributed by atoms with van der Waals surface area (Å²) in [4.78, 5) is 22.9. The zero-order valence-electron chi connectivity index (χ0n) is 28.5. The van der Waals surface area contributed by atoms with Crippen molar-refractivity contribution in [2.45, 2.75) is 102 Å². The van der Waals surface area contributed by atoms with E-state index >= 15 is 0 Å². The minimum atomic E-state index is -1.01. The SMILES string of the molecule is C[C@@H](O)C(N)=O.C[C@@H](O)c1nc2cnc3ccoc3c2n1C1CCC(CC#N)CC1.N#CCC1CCC(Nc2c(N)cnc3ccoc23)CC1. The van der Waals surface area contributed by atoms with E-state index in [9.17, 15) is 9.90 Å². The van der Waals surface area contributed by atoms with Gasteiger partial charge in [0.1, 0.15) is 45.8 Å². The highest BCUT2D eigenvalue weighted by Crippen LogP contribution is 2.39. The quantitative estimate of drug-likeness (QED) is 0.132. The van der Waals surface area contributed by atoms with E-state index in [4.69, 9.17) is 30.2 Å². The number of anilines is 2. The van der Waals surface area contributed by atoms with Crippen LogP contribution in [0.1, 0.15) is 96.0 Å². The topological polar surface area (TPSA) is 239 Å². The maximum Gasteiger partial charge on any atom is 0.245 e. The Morgan fingerprint density at radius 3 is 2.02 bits per heavy atom. The second-order valence-electron chi connectivity index (χ2n) is 13.2. The molecule has 2 atom stereocenters. The van der Waals surface area contributed by atoms with E-state index in [1.165, 1.54) is 6.92 Å². The molecule has 0 aromatic carbocycles. The number of aliphatic hydroxyl groups excluding tert-OH is 2. The van der Waals surface area contributed by atoms with Crippen LogP contribution in [0.2, 0.25) is 0 Å². The third-order valence-corrected chi connectivity index (χ3v) is 9.58. The summed E-state index contributed by atoms with van der Waals surface area (Å²) in [6, 6.07) is 8.90. The fraction of sp³-hybridized carbons (Fsp3) is 0.500. The molecular weight excluding hydrogens is 638 g/mol. The molecule has 2 fully saturated rings. The lowest BCUT2D eigenvalue weighted by Crippen LogP contribution is -2.26. The zero-order chi connectivity index (χ0) is 35.8. The number of carbonyl (C=O) groups is 1. The predicted octanol–water partition coefficient (Wildman–Crippen LogP) is 6.02. The van der Waals surface area contributed by atoms with Gasteiger partial charge in [-0.05, 0) is 77.0 Å². The fourth-order valence-corrected chi connectivity index (χ4v) is 6.82. The molecule has 0 aliphatic heterocycles. The number of hydrogen-bond donors (Lipinski definition) is 5. The highest BCUT2D eigenvalue weighted by Gasteiger charge is 2.29. The lowest BCUT2D eigenvalue weighted by Gasteiger charge is -2.30. The molecule has 5 aromatic rings. The number of carbonyl (C=O) groups excluding carboxylic acids is 1. The molecule has 2 aliphatic rings. The van der Waals surface area contributed by atoms with Gasteiger partial charge in [-0.15, -0.1) is 0 Å². The Morgan fingerprint density at radius 1 is 0.920 bits per heavy atom. The first-order valence-electron chi connectivity index (χ1n) is 17.1. The summed E-state index contributed by atoms with van der Waals surface area (Å²) in [7, 11) is 0. The molecule has 5 aromatic heterocycles. The molecule has 2 aliphatic carbocycles. The van der Waals surface area contributed by atoms with Crippen LogP contribution in [0.3, 0.4) is 0 Å². The average molecular weight is 684 g/mol. The molecule has 1 amide bonds. The molecule has 264 valence electrons. The highest BCUT2D eigenvalue weighted by molar-refractivity contribution is 5.98. The molecule has 0 saturated heterocycles. The standard InChI is InChI=1S/C18H20N4O2.C15H18N4O.C3H7NO2/c1-11(23)18-21-15-10-20-14-7-9-24-17(14)16(15)22(18)13-4-2-12(3-5-13)6-8-19;16-7-5-10-1-3-11(4-2-10)19-14-12(17)9-18-13-6-8-20-15(13)14;1-2(5)3(4)6/h7,9-13,23H,2-6H2,1H3;6,8-11H,1-5,17H2,(H,18,19);2,5H,1H3,(H2,4,6)/t11-,12?,13?;;2-/m1.1/s1. The molecule has 0 unspecified atom stereocenters. The van der Waals surface area contributed by atoms with E-state index in [2.05, 4.69) is 42.7 Å². The second-order valence-corrected chi connectivity index (χ2v) is 13.2. The van der Waals surface area contributed by atoms with Crippen molar-refractivity contribution in [3.63, 3.8) is 0 Å². The molecule has 50 heavy (non-hydrogen) atoms. The van der Waals surface area contributed by atoms with Crippen molar-refractivity contribution in [3.8, 4) is 12.1 Å². The number of nitrogen functional groups attached to an aromatic ring is 1. The number of nitrogens with zero attached hydrogens (tertiary/aromatic N) is 6. The third kappa shape index (κ3) is 8.33. The van der Waals surface area contributed by atoms with Gasteiger partial charge in [0, 0.05) is 37.1 Å². The maximum atomic E-state index is 10.2. The largest absolute Gasteiger partial charge is 0.460 e. The maximum absolute atomic E-state index is 10.2. The van der Waals surface area contributed by atoms with E-state index in [-0.39, 0.29) is 6.04 Å². The van der Waals surface area contributed by atoms with Crippen LogP contribution in [-0.2, 0) is 4.79 Å². The summed E-state index contributed by atoms with van der Waals surface area (Å²) in [6.07, 6.45) is 14.7. The van der Waals surface area contributed by atoms with Gasteiger partial charge in [-0.25, -0.2) is 4.98 Å². The number of pyridine rings is 2. The Morgan fingerprint density at radius 2 is 1.46 bits per heavy atom. The van der Waals surface area contributed by atoms with E-state index in [0.29, 0.717) is 42.2 Å². The zero-order valence-corrected chi connectivity index (χ0v) is 28.5. The van der Waals surface area contributed by atoms with Gasteiger partial charge in [-0.1, -0.05) is 0 Å². The Labute approximate surface area is 290 Å². The van der Waals surface area contributed by atoms with Crippen LogP contribution >= 0.6 is 0 Å². The molecule has 0 radical (unpaired) electrons. The van der Waals surface area contributed by atoms with Gasteiger partial charge in [0.25, 0.3) is 0 Å². The van der Waals surface area contributed by atoms with Gasteiger partial charge < -0.3 is 40.4 Å². The monoisotopic (exact) mass is 683 g/mol. The molecule has 5 heterocycles. The number of nitrogens with one attached hydrogen (secondary N) is 1. The lowest BCUT2D eigenvalue weighted by atomic mass is 9.84. The molecule has 2 saturated carbocycles. The first-order valence-corrected chi connectivity index (χ1v) is 17.1. The number of nitrogens with two attached hydrogens (primary N) is 2. The Bertz CT molecular complexity index is 1970. The number of fused-ring (bicyclic) bond motifs is 4. The van der Waals surface area contributed by atoms with Crippen LogP contribution in [0.5, 0.6) is 0 Å². The van der Waals surface area contributed by atoms with Gasteiger partial charge in [0.2, 0.25) is 5.91 Å². The van der Waals surface area contributed by atoms with Gasteiger partial charge in [-0.3, -0.25) is 14.8 Å². The summed E-state index contributed by atoms with van der Waals surface area (Å²) < 4.78 is 13.3. The van der Waals surface area contributed by atoms with Crippen molar-refractivity contribution < 1.29 is 23.8 Å². The molecule has 0 spiro atoms. The normalized spacial score (nSPS) is 21.6. The van der Waals surface area contributed by atoms with Crippen molar-refractivity contribution in [2.24, 2.45) is 17.6 Å². The van der Waals surface area contributed by atoms with E-state index in [1.54, 1.807) is 31.8 Å². The summed E-state index contributed by atoms with van der Waals surface area (Å²) in [5.74, 6) is 1.02. The number of nitriles is 2. The number of primary amides is 1. The van der Waals surface area contributed by atoms with Crippen molar-refractivity contribution in [1.29, 1.82) is 10.5 Å². The Hall–Kier alpha value is -5.18. The number of amides is 1. The number of imidazole rings is 1. The molecule has 0 bridgehead atoms.